The number of halogens is 1. The molecule has 0 atom stereocenters. The molecule has 0 unspecified atom stereocenters. The summed E-state index contributed by atoms with van der Waals surface area (Å²) in [5, 5.41) is 0. The van der Waals surface area contributed by atoms with Gasteiger partial charge in [-0.25, -0.2) is 13.1 Å². The number of nitrogens with one attached hydrogen (secondary N) is 1. The van der Waals surface area contributed by atoms with Crippen LogP contribution in [0.4, 0.5) is 0 Å². The maximum Gasteiger partial charge on any atom is 0.252 e. The number of hydrogen-bond donors (Lipinski definition) is 1. The highest BCUT2D eigenvalue weighted by molar-refractivity contribution is 9.10. The molecule has 0 spiro atoms. The number of nitrogens with zero attached hydrogens (tertiary/aromatic N) is 2. The van der Waals surface area contributed by atoms with Crippen molar-refractivity contribution in [1.82, 2.24) is 14.1 Å². The van der Waals surface area contributed by atoms with Crippen LogP contribution >= 0.6 is 27.5 Å². The third kappa shape index (κ3) is 4.34. The highest BCUT2D eigenvalue weighted by atomic mass is 79.9. The van der Waals surface area contributed by atoms with Gasteiger partial charge in [0.2, 0.25) is 0 Å². The van der Waals surface area contributed by atoms with Gasteiger partial charge in [-0.2, -0.15) is 4.37 Å². The van der Waals surface area contributed by atoms with E-state index in [4.69, 9.17) is 0 Å². The van der Waals surface area contributed by atoms with Gasteiger partial charge >= 0.3 is 0 Å². The summed E-state index contributed by atoms with van der Waals surface area (Å²) in [7, 11) is -3.44. The quantitative estimate of drug-likeness (QED) is 0.754. The van der Waals surface area contributed by atoms with Crippen molar-refractivity contribution in [2.45, 2.75) is 23.5 Å². The fourth-order valence-corrected chi connectivity index (χ4v) is 4.71. The molecule has 0 aliphatic carbocycles. The van der Waals surface area contributed by atoms with E-state index < -0.39 is 10.0 Å². The summed E-state index contributed by atoms with van der Waals surface area (Å²) in [6.45, 7) is 0.428. The zero-order valence-electron chi connectivity index (χ0n) is 10.6. The Balaban J connectivity index is 1.75. The summed E-state index contributed by atoms with van der Waals surface area (Å²) in [6.07, 6.45) is 7.66. The predicted octanol–water partition coefficient (Wildman–Crippen LogP) is 2.60. The molecule has 5 nitrogen and oxygen atoms in total. The Bertz CT molecular complexity index is 644. The van der Waals surface area contributed by atoms with Crippen LogP contribution in [0.1, 0.15) is 18.4 Å². The predicted molar refractivity (Wildman–Crippen MR) is 82.2 cm³/mol. The van der Waals surface area contributed by atoms with Crippen molar-refractivity contribution < 1.29 is 8.42 Å². The molecule has 2 aromatic rings. The minimum Gasteiger partial charge on any atom is -0.265 e. The Labute approximate surface area is 130 Å². The highest BCUT2D eigenvalue weighted by Crippen LogP contribution is 2.24. The number of hydrogen-bond acceptors (Lipinski definition) is 5. The molecule has 0 aliphatic heterocycles. The Kier molecular flexibility index (Phi) is 5.64. The fraction of sp³-hybridized carbons (Fsp3) is 0.333. The molecule has 2 rings (SSSR count). The average molecular weight is 376 g/mol. The van der Waals surface area contributed by atoms with Crippen LogP contribution < -0.4 is 4.72 Å². The second kappa shape index (κ2) is 7.26. The smallest absolute Gasteiger partial charge is 0.252 e. The van der Waals surface area contributed by atoms with Gasteiger partial charge in [-0.05, 0) is 64.4 Å². The van der Waals surface area contributed by atoms with Crippen LogP contribution in [0.15, 0.2) is 39.4 Å². The van der Waals surface area contributed by atoms with Crippen LogP contribution in [0.2, 0.25) is 0 Å². The maximum absolute atomic E-state index is 12.0. The van der Waals surface area contributed by atoms with Crippen LogP contribution in [0.25, 0.3) is 0 Å². The first-order valence-electron chi connectivity index (χ1n) is 6.08. The summed E-state index contributed by atoms with van der Waals surface area (Å²) < 4.78 is 31.1. The van der Waals surface area contributed by atoms with E-state index in [9.17, 15) is 8.42 Å². The SMILES string of the molecule is O=S(=O)(NCCCCc1ccncc1)c1sncc1Br. The molecule has 0 saturated carbocycles. The first kappa shape index (κ1) is 15.6. The van der Waals surface area contributed by atoms with Crippen LogP contribution in [0.5, 0.6) is 0 Å². The van der Waals surface area contributed by atoms with E-state index in [0.717, 1.165) is 30.8 Å². The van der Waals surface area contributed by atoms with Gasteiger partial charge in [-0.15, -0.1) is 0 Å². The van der Waals surface area contributed by atoms with Gasteiger partial charge < -0.3 is 0 Å². The van der Waals surface area contributed by atoms with Gasteiger partial charge in [0.25, 0.3) is 10.0 Å². The molecular formula is C12H14BrN3O2S2. The minimum atomic E-state index is -3.44. The maximum atomic E-state index is 12.0. The molecule has 2 heterocycles. The van der Waals surface area contributed by atoms with Crippen molar-refractivity contribution in [3.05, 3.63) is 40.8 Å². The zero-order valence-corrected chi connectivity index (χ0v) is 13.8. The molecule has 0 saturated heterocycles. The van der Waals surface area contributed by atoms with Crippen LogP contribution in [0, 0.1) is 0 Å². The highest BCUT2D eigenvalue weighted by Gasteiger charge is 2.19. The lowest BCUT2D eigenvalue weighted by atomic mass is 10.1. The summed E-state index contributed by atoms with van der Waals surface area (Å²) in [5.74, 6) is 0. The van der Waals surface area contributed by atoms with Crippen molar-refractivity contribution in [2.24, 2.45) is 0 Å². The monoisotopic (exact) mass is 375 g/mol. The van der Waals surface area contributed by atoms with Crippen LogP contribution in [-0.2, 0) is 16.4 Å². The molecule has 8 heteroatoms. The number of aromatic nitrogens is 2. The molecule has 0 fully saturated rings. The molecule has 0 aliphatic rings. The molecule has 0 bridgehead atoms. The molecular weight excluding hydrogens is 362 g/mol. The molecule has 2 aromatic heterocycles. The number of aryl methyl sites for hydroxylation is 1. The summed E-state index contributed by atoms with van der Waals surface area (Å²) in [4.78, 5) is 3.96. The fourth-order valence-electron chi connectivity index (χ4n) is 1.67. The largest absolute Gasteiger partial charge is 0.265 e. The van der Waals surface area contributed by atoms with E-state index in [1.54, 1.807) is 12.4 Å². The molecule has 1 N–H and O–H groups in total. The van der Waals surface area contributed by atoms with Crippen molar-refractivity contribution in [3.63, 3.8) is 0 Å². The van der Waals surface area contributed by atoms with Gasteiger partial charge in [-0.1, -0.05) is 0 Å². The summed E-state index contributed by atoms with van der Waals surface area (Å²) in [5.41, 5.74) is 1.22. The Hall–Kier alpha value is -0.830. The number of rotatable bonds is 7. The second-order valence-corrected chi connectivity index (χ2v) is 7.79. The molecule has 20 heavy (non-hydrogen) atoms. The Morgan fingerprint density at radius 1 is 1.25 bits per heavy atom. The number of unbranched alkanes of at least 4 members (excludes halogenated alkanes) is 1. The normalized spacial score (nSPS) is 11.7. The minimum absolute atomic E-state index is 0.228. The van der Waals surface area contributed by atoms with Gasteiger partial charge in [0.15, 0.2) is 4.21 Å². The lowest BCUT2D eigenvalue weighted by molar-refractivity contribution is 0.578. The number of sulfonamides is 1. The third-order valence-corrected chi connectivity index (χ3v) is 6.57. The van der Waals surface area contributed by atoms with E-state index >= 15 is 0 Å². The standard InChI is InChI=1S/C12H14BrN3O2S2/c13-11-9-15-19-12(11)20(17,18)16-6-2-1-3-10-4-7-14-8-5-10/h4-5,7-9,16H,1-3,6H2. The van der Waals surface area contributed by atoms with E-state index in [0.29, 0.717) is 11.0 Å². The van der Waals surface area contributed by atoms with Gasteiger partial charge in [-0.3, -0.25) is 4.98 Å². The van der Waals surface area contributed by atoms with Crippen molar-refractivity contribution in [2.75, 3.05) is 6.54 Å². The first-order valence-corrected chi connectivity index (χ1v) is 9.13. The van der Waals surface area contributed by atoms with E-state index in [2.05, 4.69) is 30.0 Å². The Morgan fingerprint density at radius 3 is 2.65 bits per heavy atom. The van der Waals surface area contributed by atoms with Crippen molar-refractivity contribution in [3.8, 4) is 0 Å². The first-order chi connectivity index (χ1) is 9.59. The molecule has 0 radical (unpaired) electrons. The lowest BCUT2D eigenvalue weighted by Crippen LogP contribution is -2.24. The molecule has 0 amide bonds. The van der Waals surface area contributed by atoms with Gasteiger partial charge in [0.05, 0.1) is 10.7 Å². The average Bonchev–Trinajstić information content (AvgIpc) is 2.86. The molecule has 108 valence electrons. The van der Waals surface area contributed by atoms with Crippen LogP contribution in [0.3, 0.4) is 0 Å². The van der Waals surface area contributed by atoms with Crippen molar-refractivity contribution in [1.29, 1.82) is 0 Å². The summed E-state index contributed by atoms with van der Waals surface area (Å²) >= 11 is 4.14. The van der Waals surface area contributed by atoms with Gasteiger partial charge in [0.1, 0.15) is 0 Å². The van der Waals surface area contributed by atoms with Gasteiger partial charge in [0, 0.05) is 18.9 Å². The zero-order chi connectivity index (χ0) is 14.4. The molecule has 0 aromatic carbocycles. The van der Waals surface area contributed by atoms with E-state index in [1.165, 1.54) is 11.8 Å². The summed E-state index contributed by atoms with van der Waals surface area (Å²) in [6, 6.07) is 3.94. The topological polar surface area (TPSA) is 72.0 Å². The number of pyridine rings is 1. The lowest BCUT2D eigenvalue weighted by Gasteiger charge is -2.05. The van der Waals surface area contributed by atoms with Crippen molar-refractivity contribution >= 4 is 37.5 Å². The Morgan fingerprint density at radius 2 is 2.00 bits per heavy atom. The third-order valence-electron chi connectivity index (χ3n) is 2.67. The van der Waals surface area contributed by atoms with E-state index in [1.807, 2.05) is 12.1 Å². The van der Waals surface area contributed by atoms with Crippen LogP contribution in [-0.4, -0.2) is 24.3 Å². The second-order valence-electron chi connectivity index (χ2n) is 4.17. The van der Waals surface area contributed by atoms with E-state index in [-0.39, 0.29) is 4.21 Å².